The van der Waals surface area contributed by atoms with E-state index in [9.17, 15) is 0 Å². The lowest BCUT2D eigenvalue weighted by molar-refractivity contribution is 1.21. The molecule has 0 unspecified atom stereocenters. The number of aryl methyl sites for hydroxylation is 1. The first kappa shape index (κ1) is 6.24. The molecular formula is C6H6N2S. The average molecular weight is 138 g/mol. The van der Waals surface area contributed by atoms with Gasteiger partial charge in [-0.1, -0.05) is 0 Å². The first-order chi connectivity index (χ1) is 4.34. The normalized spacial score (nSPS) is 8.89. The summed E-state index contributed by atoms with van der Waals surface area (Å²) in [5.74, 6) is 0. The monoisotopic (exact) mass is 138 g/mol. The number of nitrogens with zero attached hydrogens (tertiary/aromatic N) is 1. The van der Waals surface area contributed by atoms with Crippen molar-refractivity contribution < 1.29 is 0 Å². The summed E-state index contributed by atoms with van der Waals surface area (Å²) in [6.45, 7) is 1.94. The molecule has 0 aliphatic heterocycles. The highest BCUT2D eigenvalue weighted by molar-refractivity contribution is 8.03. The van der Waals surface area contributed by atoms with Crippen LogP contribution in [0.2, 0.25) is 0 Å². The second-order valence-corrected chi connectivity index (χ2v) is 2.49. The fourth-order valence-electron chi connectivity index (χ4n) is 0.598. The van der Waals surface area contributed by atoms with Crippen molar-refractivity contribution in [1.82, 2.24) is 4.98 Å². The van der Waals surface area contributed by atoms with E-state index in [0.717, 1.165) is 10.6 Å². The van der Waals surface area contributed by atoms with Crippen molar-refractivity contribution in [3.63, 3.8) is 0 Å². The molecule has 0 spiro atoms. The van der Waals surface area contributed by atoms with Crippen LogP contribution in [0.5, 0.6) is 0 Å². The number of thioether (sulfide) groups is 1. The minimum Gasteiger partial charge on any atom is -0.364 e. The number of aromatic nitrogens is 1. The van der Waals surface area contributed by atoms with Crippen molar-refractivity contribution in [2.45, 2.75) is 11.8 Å². The fraction of sp³-hybridized carbons (Fsp3) is 0.167. The molecule has 9 heavy (non-hydrogen) atoms. The van der Waals surface area contributed by atoms with Crippen LogP contribution >= 0.6 is 11.8 Å². The van der Waals surface area contributed by atoms with Gasteiger partial charge in [0, 0.05) is 16.8 Å². The molecule has 0 radical (unpaired) electrons. The van der Waals surface area contributed by atoms with E-state index in [1.54, 1.807) is 0 Å². The van der Waals surface area contributed by atoms with Gasteiger partial charge in [0.15, 0.2) is 0 Å². The lowest BCUT2D eigenvalue weighted by atomic mass is 10.5. The van der Waals surface area contributed by atoms with Crippen LogP contribution in [0.3, 0.4) is 0 Å². The smallest absolute Gasteiger partial charge is 0.138 e. The maximum atomic E-state index is 8.26. The van der Waals surface area contributed by atoms with Crippen molar-refractivity contribution in [3.8, 4) is 5.40 Å². The number of nitriles is 1. The maximum Gasteiger partial charge on any atom is 0.138 e. The molecule has 0 amide bonds. The Kier molecular flexibility index (Phi) is 1.81. The molecule has 0 bridgehead atoms. The Balaban J connectivity index is 2.84. The van der Waals surface area contributed by atoms with E-state index in [-0.39, 0.29) is 0 Å². The summed E-state index contributed by atoms with van der Waals surface area (Å²) >= 11 is 1.18. The molecule has 2 nitrogen and oxygen atoms in total. The fourth-order valence-corrected chi connectivity index (χ4v) is 1.04. The number of nitrogens with one attached hydrogen (secondary N) is 1. The van der Waals surface area contributed by atoms with Gasteiger partial charge in [0.1, 0.15) is 5.40 Å². The van der Waals surface area contributed by atoms with Crippen molar-refractivity contribution in [3.05, 3.63) is 18.0 Å². The van der Waals surface area contributed by atoms with Gasteiger partial charge in [-0.15, -0.1) is 0 Å². The molecule has 0 saturated heterocycles. The van der Waals surface area contributed by atoms with Crippen LogP contribution in [0.4, 0.5) is 0 Å². The first-order valence-electron chi connectivity index (χ1n) is 2.54. The molecule has 1 aromatic rings. The third-order valence-electron chi connectivity index (χ3n) is 1.06. The number of thiocyanates is 1. The van der Waals surface area contributed by atoms with E-state index in [1.165, 1.54) is 11.8 Å². The van der Waals surface area contributed by atoms with E-state index < -0.39 is 0 Å². The zero-order chi connectivity index (χ0) is 6.69. The summed E-state index contributed by atoms with van der Waals surface area (Å²) in [5.41, 5.74) is 1.06. The van der Waals surface area contributed by atoms with Gasteiger partial charge >= 0.3 is 0 Å². The lowest BCUT2D eigenvalue weighted by Gasteiger charge is -1.85. The largest absolute Gasteiger partial charge is 0.364 e. The van der Waals surface area contributed by atoms with Crippen molar-refractivity contribution in [2.75, 3.05) is 0 Å². The Morgan fingerprint density at radius 3 is 3.00 bits per heavy atom. The Labute approximate surface area is 57.9 Å². The zero-order valence-corrected chi connectivity index (χ0v) is 5.83. The van der Waals surface area contributed by atoms with Crippen LogP contribution in [-0.4, -0.2) is 4.98 Å². The molecule has 3 heteroatoms. The topological polar surface area (TPSA) is 39.6 Å². The number of H-pyrrole nitrogens is 1. The van der Waals surface area contributed by atoms with Crippen LogP contribution < -0.4 is 0 Å². The average Bonchev–Trinajstić information content (AvgIpc) is 2.18. The van der Waals surface area contributed by atoms with Crippen LogP contribution in [0.1, 0.15) is 5.69 Å². The molecular weight excluding hydrogens is 132 g/mol. The SMILES string of the molecule is Cc1[nH]ccc1SC#N. The van der Waals surface area contributed by atoms with Gasteiger partial charge in [-0.3, -0.25) is 0 Å². The lowest BCUT2D eigenvalue weighted by Crippen LogP contribution is -1.68. The summed E-state index contributed by atoms with van der Waals surface area (Å²) in [6, 6.07) is 1.89. The second kappa shape index (κ2) is 2.60. The molecule has 0 saturated carbocycles. The van der Waals surface area contributed by atoms with E-state index in [4.69, 9.17) is 5.26 Å². The molecule has 46 valence electrons. The van der Waals surface area contributed by atoms with E-state index >= 15 is 0 Å². The summed E-state index contributed by atoms with van der Waals surface area (Å²) in [7, 11) is 0. The van der Waals surface area contributed by atoms with Crippen molar-refractivity contribution in [1.29, 1.82) is 5.26 Å². The van der Waals surface area contributed by atoms with Crippen LogP contribution in [0.25, 0.3) is 0 Å². The minimum atomic E-state index is 1.01. The Morgan fingerprint density at radius 1 is 1.78 bits per heavy atom. The minimum absolute atomic E-state index is 1.01. The standard InChI is InChI=1S/C6H6N2S/c1-5-6(9-4-7)2-3-8-5/h2-3,8H,1H3. The van der Waals surface area contributed by atoms with Gasteiger partial charge in [0.25, 0.3) is 0 Å². The summed E-state index contributed by atoms with van der Waals surface area (Å²) in [6.07, 6.45) is 1.83. The number of hydrogen-bond donors (Lipinski definition) is 1. The van der Waals surface area contributed by atoms with Gasteiger partial charge in [-0.05, 0) is 24.8 Å². The first-order valence-corrected chi connectivity index (χ1v) is 3.36. The van der Waals surface area contributed by atoms with Crippen LogP contribution in [0.15, 0.2) is 17.2 Å². The van der Waals surface area contributed by atoms with Gasteiger partial charge < -0.3 is 4.98 Å². The second-order valence-electron chi connectivity index (χ2n) is 1.66. The predicted octanol–water partition coefficient (Wildman–Crippen LogP) is 1.90. The molecule has 0 aliphatic rings. The highest BCUT2D eigenvalue weighted by Crippen LogP contribution is 2.18. The molecule has 0 aliphatic carbocycles. The highest BCUT2D eigenvalue weighted by Gasteiger charge is 1.95. The summed E-state index contributed by atoms with van der Waals surface area (Å²) < 4.78 is 0. The Morgan fingerprint density at radius 2 is 2.56 bits per heavy atom. The van der Waals surface area contributed by atoms with E-state index in [0.29, 0.717) is 0 Å². The number of rotatable bonds is 1. The highest BCUT2D eigenvalue weighted by atomic mass is 32.2. The molecule has 1 rings (SSSR count). The van der Waals surface area contributed by atoms with E-state index in [2.05, 4.69) is 4.98 Å². The molecule has 1 N–H and O–H groups in total. The quantitative estimate of drug-likeness (QED) is 0.475. The number of hydrogen-bond acceptors (Lipinski definition) is 2. The van der Waals surface area contributed by atoms with Crippen molar-refractivity contribution in [2.24, 2.45) is 0 Å². The summed E-state index contributed by atoms with van der Waals surface area (Å²) in [4.78, 5) is 3.99. The van der Waals surface area contributed by atoms with Gasteiger partial charge in [0.05, 0.1) is 0 Å². The Bertz CT molecular complexity index is 233. The molecule has 1 heterocycles. The predicted molar refractivity (Wildman–Crippen MR) is 37.0 cm³/mol. The molecule has 0 aromatic carbocycles. The number of aromatic amines is 1. The Hall–Kier alpha value is -0.880. The van der Waals surface area contributed by atoms with Gasteiger partial charge in [-0.2, -0.15) is 5.26 Å². The zero-order valence-electron chi connectivity index (χ0n) is 5.01. The van der Waals surface area contributed by atoms with Crippen LogP contribution in [0, 0.1) is 17.6 Å². The molecule has 0 fully saturated rings. The third-order valence-corrected chi connectivity index (χ3v) is 1.81. The van der Waals surface area contributed by atoms with E-state index in [1.807, 2.05) is 24.6 Å². The van der Waals surface area contributed by atoms with Crippen molar-refractivity contribution >= 4 is 11.8 Å². The maximum absolute atomic E-state index is 8.26. The van der Waals surface area contributed by atoms with Crippen LogP contribution in [-0.2, 0) is 0 Å². The summed E-state index contributed by atoms with van der Waals surface area (Å²) in [5, 5.41) is 10.3. The third kappa shape index (κ3) is 1.27. The van der Waals surface area contributed by atoms with Gasteiger partial charge in [-0.25, -0.2) is 0 Å². The van der Waals surface area contributed by atoms with Gasteiger partial charge in [0.2, 0.25) is 0 Å². The molecule has 0 atom stereocenters. The molecule has 1 aromatic heterocycles.